The Hall–Kier alpha value is -3.55. The van der Waals surface area contributed by atoms with E-state index in [4.69, 9.17) is 9.72 Å². The third-order valence-corrected chi connectivity index (χ3v) is 5.24. The number of fused-ring (bicyclic) bond motifs is 1. The molecule has 0 saturated carbocycles. The molecule has 8 heteroatoms. The van der Waals surface area contributed by atoms with Crippen molar-refractivity contribution >= 4 is 23.2 Å². The molecular formula is C21H24N6O2. The molecular weight excluding hydrogens is 368 g/mol. The number of ether oxygens (including phenoxy) is 1. The molecule has 1 amide bonds. The van der Waals surface area contributed by atoms with E-state index in [1.54, 1.807) is 13.3 Å². The Labute approximate surface area is 169 Å². The van der Waals surface area contributed by atoms with Crippen LogP contribution in [0.3, 0.4) is 0 Å². The number of hydrogen-bond donors (Lipinski definition) is 3. The highest BCUT2D eigenvalue weighted by Gasteiger charge is 2.26. The minimum atomic E-state index is -0.0350. The van der Waals surface area contributed by atoms with Crippen molar-refractivity contribution in [2.45, 2.75) is 20.4 Å². The number of carbonyl (C=O) groups excluding carboxylic acids is 1. The summed E-state index contributed by atoms with van der Waals surface area (Å²) in [5, 5.41) is 9.24. The highest BCUT2D eigenvalue weighted by molar-refractivity contribution is 5.97. The predicted molar refractivity (Wildman–Crippen MR) is 113 cm³/mol. The molecule has 2 aromatic heterocycles. The number of carbonyl (C=O) groups is 1. The van der Waals surface area contributed by atoms with Crippen LogP contribution >= 0.6 is 0 Å². The van der Waals surface area contributed by atoms with Crippen molar-refractivity contribution in [3.8, 4) is 17.0 Å². The highest BCUT2D eigenvalue weighted by Crippen LogP contribution is 2.33. The molecule has 0 spiro atoms. The summed E-state index contributed by atoms with van der Waals surface area (Å²) in [7, 11) is 3.48. The first kappa shape index (κ1) is 18.8. The van der Waals surface area contributed by atoms with Gasteiger partial charge in [0.15, 0.2) is 0 Å². The Kier molecular flexibility index (Phi) is 4.84. The first-order valence-electron chi connectivity index (χ1n) is 9.47. The topological polar surface area (TPSA) is 93.1 Å². The standard InChI is InChI=1S/C21H24N6O2/c1-12-18(13(2)27-10-9-23-20(28)19(12)27)16-7-8-24-21(26-16)25-14-5-6-15(22-3)17(11-14)29-4/h5-8,11,22H,9-10H2,1-4H3,(H,23,28)(H,24,25,26). The molecule has 1 aliphatic rings. The summed E-state index contributed by atoms with van der Waals surface area (Å²) in [5.74, 6) is 1.17. The van der Waals surface area contributed by atoms with Gasteiger partial charge in [-0.25, -0.2) is 9.97 Å². The maximum absolute atomic E-state index is 12.3. The number of aromatic nitrogens is 3. The van der Waals surface area contributed by atoms with Crippen molar-refractivity contribution in [2.75, 3.05) is 31.3 Å². The van der Waals surface area contributed by atoms with Crippen LogP contribution < -0.4 is 20.7 Å². The number of amides is 1. The molecule has 0 unspecified atom stereocenters. The largest absolute Gasteiger partial charge is 0.495 e. The number of hydrogen-bond acceptors (Lipinski definition) is 6. The monoisotopic (exact) mass is 392 g/mol. The molecule has 0 radical (unpaired) electrons. The summed E-state index contributed by atoms with van der Waals surface area (Å²) < 4.78 is 7.48. The number of rotatable bonds is 5. The first-order chi connectivity index (χ1) is 14.0. The maximum atomic E-state index is 12.3. The Bertz CT molecular complexity index is 1090. The van der Waals surface area contributed by atoms with Crippen LogP contribution in [0.2, 0.25) is 0 Å². The maximum Gasteiger partial charge on any atom is 0.268 e. The lowest BCUT2D eigenvalue weighted by Gasteiger charge is -2.17. The second kappa shape index (κ2) is 7.46. The van der Waals surface area contributed by atoms with Crippen LogP contribution in [0.4, 0.5) is 17.3 Å². The second-order valence-electron chi connectivity index (χ2n) is 6.90. The Morgan fingerprint density at radius 2 is 2.07 bits per heavy atom. The quantitative estimate of drug-likeness (QED) is 0.618. The molecule has 0 aliphatic carbocycles. The lowest BCUT2D eigenvalue weighted by molar-refractivity contribution is 0.0926. The van der Waals surface area contributed by atoms with E-state index in [1.165, 1.54) is 0 Å². The van der Waals surface area contributed by atoms with Gasteiger partial charge in [-0.3, -0.25) is 4.79 Å². The van der Waals surface area contributed by atoms with Gasteiger partial charge in [0.05, 0.1) is 18.5 Å². The van der Waals surface area contributed by atoms with E-state index in [0.717, 1.165) is 46.2 Å². The fourth-order valence-electron chi connectivity index (χ4n) is 3.87. The van der Waals surface area contributed by atoms with Crippen molar-refractivity contribution in [1.29, 1.82) is 0 Å². The number of methoxy groups -OCH3 is 1. The third-order valence-electron chi connectivity index (χ3n) is 5.24. The zero-order valence-electron chi connectivity index (χ0n) is 17.0. The predicted octanol–water partition coefficient (Wildman–Crippen LogP) is 3.10. The van der Waals surface area contributed by atoms with Crippen LogP contribution in [0.25, 0.3) is 11.3 Å². The summed E-state index contributed by atoms with van der Waals surface area (Å²) in [6.45, 7) is 5.40. The molecule has 0 saturated heterocycles. The molecule has 3 N–H and O–H groups in total. The van der Waals surface area contributed by atoms with Crippen LogP contribution in [0.5, 0.6) is 5.75 Å². The van der Waals surface area contributed by atoms with Crippen molar-refractivity contribution in [2.24, 2.45) is 0 Å². The zero-order valence-corrected chi connectivity index (χ0v) is 17.0. The van der Waals surface area contributed by atoms with Crippen LogP contribution in [0, 0.1) is 13.8 Å². The van der Waals surface area contributed by atoms with Gasteiger partial charge < -0.3 is 25.3 Å². The van der Waals surface area contributed by atoms with Gasteiger partial charge in [0.2, 0.25) is 5.95 Å². The molecule has 4 rings (SSSR count). The van der Waals surface area contributed by atoms with E-state index < -0.39 is 0 Å². The van der Waals surface area contributed by atoms with Gasteiger partial charge in [0, 0.05) is 49.3 Å². The van der Waals surface area contributed by atoms with Gasteiger partial charge in [-0.15, -0.1) is 0 Å². The van der Waals surface area contributed by atoms with E-state index in [0.29, 0.717) is 18.2 Å². The fraction of sp³-hybridized carbons (Fsp3) is 0.286. The lowest BCUT2D eigenvalue weighted by atomic mass is 10.1. The molecule has 150 valence electrons. The summed E-state index contributed by atoms with van der Waals surface area (Å²) in [6, 6.07) is 7.62. The minimum Gasteiger partial charge on any atom is -0.495 e. The second-order valence-corrected chi connectivity index (χ2v) is 6.90. The van der Waals surface area contributed by atoms with Crippen LogP contribution in [0.15, 0.2) is 30.5 Å². The van der Waals surface area contributed by atoms with E-state index in [9.17, 15) is 4.79 Å². The van der Waals surface area contributed by atoms with Gasteiger partial charge >= 0.3 is 0 Å². The van der Waals surface area contributed by atoms with Gasteiger partial charge in [-0.05, 0) is 37.6 Å². The average molecular weight is 392 g/mol. The Morgan fingerprint density at radius 1 is 1.24 bits per heavy atom. The van der Waals surface area contributed by atoms with Gasteiger partial charge in [-0.1, -0.05) is 0 Å². The van der Waals surface area contributed by atoms with Crippen molar-refractivity contribution in [3.63, 3.8) is 0 Å². The van der Waals surface area contributed by atoms with E-state index in [-0.39, 0.29) is 5.91 Å². The molecule has 0 atom stereocenters. The lowest BCUT2D eigenvalue weighted by Crippen LogP contribution is -2.35. The highest BCUT2D eigenvalue weighted by atomic mass is 16.5. The number of anilines is 3. The van der Waals surface area contributed by atoms with Crippen LogP contribution in [-0.4, -0.2) is 41.1 Å². The van der Waals surface area contributed by atoms with Gasteiger partial charge in [0.25, 0.3) is 5.91 Å². The van der Waals surface area contributed by atoms with Crippen molar-refractivity contribution in [3.05, 3.63) is 47.4 Å². The Morgan fingerprint density at radius 3 is 2.79 bits per heavy atom. The van der Waals surface area contributed by atoms with Crippen molar-refractivity contribution in [1.82, 2.24) is 19.9 Å². The normalized spacial score (nSPS) is 12.9. The van der Waals surface area contributed by atoms with E-state index in [2.05, 4.69) is 25.5 Å². The van der Waals surface area contributed by atoms with Gasteiger partial charge in [-0.2, -0.15) is 0 Å². The smallest absolute Gasteiger partial charge is 0.268 e. The van der Waals surface area contributed by atoms with E-state index >= 15 is 0 Å². The molecule has 1 aliphatic heterocycles. The molecule has 0 fully saturated rings. The number of benzene rings is 1. The van der Waals surface area contributed by atoms with E-state index in [1.807, 2.05) is 45.2 Å². The fourth-order valence-corrected chi connectivity index (χ4v) is 3.87. The summed E-state index contributed by atoms with van der Waals surface area (Å²) >= 11 is 0. The summed E-state index contributed by atoms with van der Waals surface area (Å²) in [6.07, 6.45) is 1.72. The molecule has 3 aromatic rings. The first-order valence-corrected chi connectivity index (χ1v) is 9.47. The number of nitrogens with zero attached hydrogens (tertiary/aromatic N) is 3. The van der Waals surface area contributed by atoms with Gasteiger partial charge in [0.1, 0.15) is 11.4 Å². The zero-order chi connectivity index (χ0) is 20.5. The Balaban J connectivity index is 1.70. The molecule has 29 heavy (non-hydrogen) atoms. The van der Waals surface area contributed by atoms with Crippen LogP contribution in [0.1, 0.15) is 21.7 Å². The van der Waals surface area contributed by atoms with Crippen molar-refractivity contribution < 1.29 is 9.53 Å². The molecule has 8 nitrogen and oxygen atoms in total. The minimum absolute atomic E-state index is 0.0350. The molecule has 1 aromatic carbocycles. The third kappa shape index (κ3) is 3.26. The number of nitrogens with one attached hydrogen (secondary N) is 3. The molecule has 0 bridgehead atoms. The summed E-state index contributed by atoms with van der Waals surface area (Å²) in [4.78, 5) is 21.4. The molecule has 3 heterocycles. The SMILES string of the molecule is CNc1ccc(Nc2nccc(-c3c(C)c4n(c3C)CCNC4=O)n2)cc1OC. The van der Waals surface area contributed by atoms with Crippen LogP contribution in [-0.2, 0) is 6.54 Å². The average Bonchev–Trinajstić information content (AvgIpc) is 2.99. The summed E-state index contributed by atoms with van der Waals surface area (Å²) in [5.41, 5.74) is 6.17.